The van der Waals surface area contributed by atoms with Crippen molar-refractivity contribution < 1.29 is 14.5 Å². The molecule has 0 aromatic carbocycles. The van der Waals surface area contributed by atoms with E-state index < -0.39 is 10.7 Å². The maximum Gasteiger partial charge on any atom is 0.408 e. The van der Waals surface area contributed by atoms with E-state index in [1.54, 1.807) is 0 Å². The lowest BCUT2D eigenvalue weighted by molar-refractivity contribution is -0.389. The van der Waals surface area contributed by atoms with Crippen LogP contribution in [0.25, 0.3) is 0 Å². The lowest BCUT2D eigenvalue weighted by Gasteiger charge is -2.02. The van der Waals surface area contributed by atoms with Crippen molar-refractivity contribution in [3.8, 4) is 0 Å². The van der Waals surface area contributed by atoms with E-state index in [0.29, 0.717) is 13.2 Å². The van der Waals surface area contributed by atoms with Crippen LogP contribution in [0.4, 0.5) is 5.82 Å². The summed E-state index contributed by atoms with van der Waals surface area (Å²) in [5, 5.41) is 16.5. The highest BCUT2D eigenvalue weighted by Gasteiger charge is 2.19. The third-order valence-corrected chi connectivity index (χ3v) is 2.07. The topological polar surface area (TPSA) is 99.3 Å². The van der Waals surface area contributed by atoms with Crippen LogP contribution in [0.1, 0.15) is 0 Å². The van der Waals surface area contributed by atoms with Crippen LogP contribution in [0.2, 0.25) is 5.02 Å². The molecule has 1 N–H and O–H groups in total. The monoisotopic (exact) mass is 262 g/mol. The Morgan fingerprint density at radius 2 is 2.47 bits per heavy atom. The second kappa shape index (κ2) is 6.16. The van der Waals surface area contributed by atoms with Crippen LogP contribution in [0.3, 0.4) is 0 Å². The molecule has 0 aliphatic carbocycles. The van der Waals surface area contributed by atoms with E-state index in [1.807, 2.05) is 0 Å². The molecule has 1 amide bonds. The molecule has 1 aromatic rings. The first kappa shape index (κ1) is 13.4. The summed E-state index contributed by atoms with van der Waals surface area (Å²) in [6, 6.07) is 0. The van der Waals surface area contributed by atoms with Crippen LogP contribution in [-0.4, -0.2) is 40.9 Å². The summed E-state index contributed by atoms with van der Waals surface area (Å²) >= 11 is 5.57. The lowest BCUT2D eigenvalue weighted by atomic mass is 10.5. The minimum atomic E-state index is -0.707. The maximum atomic E-state index is 11.3. The fourth-order valence-corrected chi connectivity index (χ4v) is 1.31. The van der Waals surface area contributed by atoms with Crippen LogP contribution >= 0.6 is 11.6 Å². The number of methoxy groups -OCH3 is 1. The number of ether oxygens (including phenoxy) is 1. The van der Waals surface area contributed by atoms with E-state index in [2.05, 4.69) is 10.4 Å². The van der Waals surface area contributed by atoms with E-state index in [4.69, 9.17) is 16.3 Å². The molecule has 0 fully saturated rings. The highest BCUT2D eigenvalue weighted by molar-refractivity contribution is 6.32. The quantitative estimate of drug-likeness (QED) is 0.449. The number of hydrogen-bond donors (Lipinski definition) is 1. The summed E-state index contributed by atoms with van der Waals surface area (Å²) in [5.41, 5.74) is 0. The van der Waals surface area contributed by atoms with Gasteiger partial charge < -0.3 is 20.2 Å². The van der Waals surface area contributed by atoms with Gasteiger partial charge in [-0.05, 0) is 4.92 Å². The van der Waals surface area contributed by atoms with Crippen LogP contribution in [0.5, 0.6) is 0 Å². The van der Waals surface area contributed by atoms with Gasteiger partial charge in [0.25, 0.3) is 0 Å². The number of aromatic nitrogens is 2. The lowest BCUT2D eigenvalue weighted by Crippen LogP contribution is -2.30. The average Bonchev–Trinajstić information content (AvgIpc) is 2.60. The predicted octanol–water partition coefficient (Wildman–Crippen LogP) is 0.207. The number of hydrogen-bond acceptors (Lipinski definition) is 5. The molecule has 8 nitrogen and oxygen atoms in total. The number of nitro groups is 1. The molecular formula is C8H11ClN4O4. The molecule has 1 aromatic heterocycles. The summed E-state index contributed by atoms with van der Waals surface area (Å²) in [6.45, 7) is 0.634. The number of rotatable bonds is 6. The van der Waals surface area contributed by atoms with Crippen molar-refractivity contribution in [2.24, 2.45) is 0 Å². The van der Waals surface area contributed by atoms with Gasteiger partial charge in [0.1, 0.15) is 6.54 Å². The molecule has 0 saturated carbocycles. The van der Waals surface area contributed by atoms with E-state index in [-0.39, 0.29) is 17.5 Å². The summed E-state index contributed by atoms with van der Waals surface area (Å²) in [4.78, 5) is 21.1. The molecule has 0 radical (unpaired) electrons. The number of carbonyl (C=O) groups excluding carboxylic acids is 1. The van der Waals surface area contributed by atoms with E-state index in [0.717, 1.165) is 4.68 Å². The van der Waals surface area contributed by atoms with Gasteiger partial charge in [-0.15, -0.1) is 0 Å². The minimum absolute atomic E-state index is 0.0975. The molecule has 0 bridgehead atoms. The van der Waals surface area contributed by atoms with Crippen molar-refractivity contribution in [3.63, 3.8) is 0 Å². The molecule has 0 atom stereocenters. The fraction of sp³-hybridized carbons (Fsp3) is 0.500. The predicted molar refractivity (Wildman–Crippen MR) is 58.8 cm³/mol. The number of nitrogens with zero attached hydrogens (tertiary/aromatic N) is 3. The van der Waals surface area contributed by atoms with Gasteiger partial charge in [0, 0.05) is 13.7 Å². The summed E-state index contributed by atoms with van der Waals surface area (Å²) in [7, 11) is 1.52. The van der Waals surface area contributed by atoms with Gasteiger partial charge in [-0.1, -0.05) is 11.6 Å². The van der Waals surface area contributed by atoms with Crippen molar-refractivity contribution >= 4 is 23.3 Å². The zero-order valence-electron chi connectivity index (χ0n) is 9.05. The van der Waals surface area contributed by atoms with Gasteiger partial charge in [0.05, 0.1) is 17.9 Å². The Bertz CT molecular complexity index is 420. The van der Waals surface area contributed by atoms with Crippen LogP contribution < -0.4 is 5.32 Å². The van der Waals surface area contributed by atoms with Crippen molar-refractivity contribution in [2.45, 2.75) is 6.54 Å². The number of halogens is 1. The summed E-state index contributed by atoms with van der Waals surface area (Å²) in [5.74, 6) is -0.785. The Kier molecular flexibility index (Phi) is 4.85. The Hall–Kier alpha value is -1.67. The Morgan fingerprint density at radius 3 is 3.00 bits per heavy atom. The van der Waals surface area contributed by atoms with E-state index in [9.17, 15) is 14.9 Å². The number of amides is 1. The van der Waals surface area contributed by atoms with E-state index >= 15 is 0 Å². The number of carbonyl (C=O) groups is 1. The molecule has 9 heteroatoms. The van der Waals surface area contributed by atoms with Gasteiger partial charge in [-0.25, -0.2) is 0 Å². The van der Waals surface area contributed by atoms with Crippen molar-refractivity contribution in [3.05, 3.63) is 21.3 Å². The van der Waals surface area contributed by atoms with Crippen molar-refractivity contribution in [1.29, 1.82) is 0 Å². The van der Waals surface area contributed by atoms with Crippen LogP contribution in [0, 0.1) is 10.1 Å². The molecule has 1 rings (SSSR count). The van der Waals surface area contributed by atoms with E-state index in [1.165, 1.54) is 13.3 Å². The maximum absolute atomic E-state index is 11.3. The molecule has 94 valence electrons. The first-order chi connectivity index (χ1) is 8.04. The SMILES string of the molecule is COCCNC(=O)Cn1cc(Cl)c([N+](=O)[O-])n1. The van der Waals surface area contributed by atoms with Gasteiger partial charge in [-0.3, -0.25) is 4.79 Å². The minimum Gasteiger partial charge on any atom is -0.383 e. The zero-order chi connectivity index (χ0) is 12.8. The first-order valence-electron chi connectivity index (χ1n) is 4.67. The Balaban J connectivity index is 2.54. The van der Waals surface area contributed by atoms with Gasteiger partial charge in [0.2, 0.25) is 5.91 Å². The highest BCUT2D eigenvalue weighted by atomic mass is 35.5. The Labute approximate surface area is 102 Å². The zero-order valence-corrected chi connectivity index (χ0v) is 9.81. The summed E-state index contributed by atoms with van der Waals surface area (Å²) in [6.07, 6.45) is 1.23. The average molecular weight is 263 g/mol. The molecule has 0 spiro atoms. The first-order valence-corrected chi connectivity index (χ1v) is 5.05. The molecular weight excluding hydrogens is 252 g/mol. The summed E-state index contributed by atoms with van der Waals surface area (Å²) < 4.78 is 5.86. The third-order valence-electron chi connectivity index (χ3n) is 1.81. The molecule has 0 aliphatic heterocycles. The molecule has 0 saturated heterocycles. The third kappa shape index (κ3) is 4.00. The normalized spacial score (nSPS) is 10.2. The second-order valence-corrected chi connectivity index (χ2v) is 3.51. The van der Waals surface area contributed by atoms with Crippen LogP contribution in [-0.2, 0) is 16.1 Å². The van der Waals surface area contributed by atoms with Gasteiger partial charge >= 0.3 is 5.82 Å². The number of nitrogens with one attached hydrogen (secondary N) is 1. The van der Waals surface area contributed by atoms with Gasteiger partial charge in [0.15, 0.2) is 5.02 Å². The standard InChI is InChI=1S/C8H11ClN4O4/c1-17-3-2-10-7(14)5-12-4-6(9)8(11-12)13(15)16/h4H,2-3,5H2,1H3,(H,10,14). The highest BCUT2D eigenvalue weighted by Crippen LogP contribution is 2.20. The molecule has 17 heavy (non-hydrogen) atoms. The molecule has 0 aliphatic rings. The van der Waals surface area contributed by atoms with Gasteiger partial charge in [-0.2, -0.15) is 4.68 Å². The van der Waals surface area contributed by atoms with Crippen molar-refractivity contribution in [1.82, 2.24) is 15.1 Å². The van der Waals surface area contributed by atoms with Crippen molar-refractivity contribution in [2.75, 3.05) is 20.3 Å². The smallest absolute Gasteiger partial charge is 0.383 e. The molecule has 1 heterocycles. The Morgan fingerprint density at radius 1 is 1.76 bits per heavy atom. The largest absolute Gasteiger partial charge is 0.408 e. The fourth-order valence-electron chi connectivity index (χ4n) is 1.09. The van der Waals surface area contributed by atoms with Crippen LogP contribution in [0.15, 0.2) is 6.20 Å². The second-order valence-electron chi connectivity index (χ2n) is 3.10. The molecule has 0 unspecified atom stereocenters.